The van der Waals surface area contributed by atoms with Crippen molar-refractivity contribution >= 4 is 5.57 Å². The third-order valence-electron chi connectivity index (χ3n) is 4.20. The lowest BCUT2D eigenvalue weighted by atomic mass is 9.82. The highest BCUT2D eigenvalue weighted by atomic mass is 19.4. The van der Waals surface area contributed by atoms with E-state index >= 15 is 0 Å². The first-order chi connectivity index (χ1) is 12.0. The number of rotatable bonds is 4. The van der Waals surface area contributed by atoms with Gasteiger partial charge < -0.3 is 0 Å². The van der Waals surface area contributed by atoms with Gasteiger partial charge in [-0.25, -0.2) is 0 Å². The quantitative estimate of drug-likeness (QED) is 0.506. The molecule has 0 fully saturated rings. The van der Waals surface area contributed by atoms with Crippen molar-refractivity contribution in [3.63, 3.8) is 0 Å². The summed E-state index contributed by atoms with van der Waals surface area (Å²) in [7, 11) is 0. The Labute approximate surface area is 145 Å². The normalized spacial score (nSPS) is 12.6. The molecule has 0 aliphatic rings. The van der Waals surface area contributed by atoms with Gasteiger partial charge in [-0.15, -0.1) is 0 Å². The Balaban J connectivity index is 2.05. The molecule has 0 heterocycles. The summed E-state index contributed by atoms with van der Waals surface area (Å²) in [6, 6.07) is 24.7. The van der Waals surface area contributed by atoms with Crippen LogP contribution >= 0.6 is 0 Å². The van der Waals surface area contributed by atoms with Crippen LogP contribution in [0.25, 0.3) is 5.57 Å². The first-order valence-corrected chi connectivity index (χ1v) is 7.93. The summed E-state index contributed by atoms with van der Waals surface area (Å²) in [5.74, 6) is -0.203. The molecular formula is C22H17F3. The molecule has 126 valence electrons. The highest BCUT2D eigenvalue weighted by molar-refractivity contribution is 5.73. The van der Waals surface area contributed by atoms with Gasteiger partial charge in [0.15, 0.2) is 0 Å². The van der Waals surface area contributed by atoms with Crippen molar-refractivity contribution in [2.45, 2.75) is 12.1 Å². The van der Waals surface area contributed by atoms with E-state index in [2.05, 4.69) is 6.58 Å². The maximum Gasteiger partial charge on any atom is 0.416 e. The molecule has 3 heteroatoms. The molecule has 0 saturated carbocycles. The van der Waals surface area contributed by atoms with Crippen LogP contribution in [0.2, 0.25) is 0 Å². The molecule has 1 unspecified atom stereocenters. The van der Waals surface area contributed by atoms with E-state index in [1.54, 1.807) is 0 Å². The Kier molecular flexibility index (Phi) is 4.75. The van der Waals surface area contributed by atoms with Crippen molar-refractivity contribution in [1.29, 1.82) is 0 Å². The average molecular weight is 338 g/mol. The minimum Gasteiger partial charge on any atom is -0.166 e. The van der Waals surface area contributed by atoms with Gasteiger partial charge in [-0.2, -0.15) is 13.2 Å². The van der Waals surface area contributed by atoms with Crippen LogP contribution in [0.4, 0.5) is 13.2 Å². The largest absolute Gasteiger partial charge is 0.416 e. The molecule has 3 aromatic rings. The molecule has 0 aliphatic carbocycles. The topological polar surface area (TPSA) is 0 Å². The van der Waals surface area contributed by atoms with Crippen molar-refractivity contribution in [2.24, 2.45) is 0 Å². The average Bonchev–Trinajstić information content (AvgIpc) is 2.63. The fourth-order valence-electron chi connectivity index (χ4n) is 2.92. The van der Waals surface area contributed by atoms with Crippen LogP contribution in [0.5, 0.6) is 0 Å². The fourth-order valence-corrected chi connectivity index (χ4v) is 2.92. The molecule has 0 spiro atoms. The number of hydrogen-bond donors (Lipinski definition) is 0. The summed E-state index contributed by atoms with van der Waals surface area (Å²) in [6.45, 7) is 4.23. The van der Waals surface area contributed by atoms with Gasteiger partial charge in [-0.05, 0) is 34.4 Å². The third-order valence-corrected chi connectivity index (χ3v) is 4.20. The van der Waals surface area contributed by atoms with Crippen LogP contribution in [-0.4, -0.2) is 0 Å². The summed E-state index contributed by atoms with van der Waals surface area (Å²) in [5.41, 5.74) is 2.96. The van der Waals surface area contributed by atoms with Gasteiger partial charge >= 0.3 is 6.18 Å². The van der Waals surface area contributed by atoms with E-state index in [-0.39, 0.29) is 5.92 Å². The lowest BCUT2D eigenvalue weighted by molar-refractivity contribution is -0.137. The van der Waals surface area contributed by atoms with Crippen molar-refractivity contribution in [1.82, 2.24) is 0 Å². The zero-order valence-corrected chi connectivity index (χ0v) is 13.5. The minimum absolute atomic E-state index is 0.203. The molecule has 0 bridgehead atoms. The molecule has 1 atom stereocenters. The second-order valence-corrected chi connectivity index (χ2v) is 5.85. The van der Waals surface area contributed by atoms with Gasteiger partial charge in [0.05, 0.1) is 5.56 Å². The van der Waals surface area contributed by atoms with Gasteiger partial charge in [-0.3, -0.25) is 0 Å². The van der Waals surface area contributed by atoms with E-state index in [4.69, 9.17) is 0 Å². The van der Waals surface area contributed by atoms with E-state index in [9.17, 15) is 13.2 Å². The summed E-state index contributed by atoms with van der Waals surface area (Å²) < 4.78 is 38.5. The van der Waals surface area contributed by atoms with E-state index in [0.29, 0.717) is 0 Å². The van der Waals surface area contributed by atoms with Gasteiger partial charge in [0.25, 0.3) is 0 Å². The fraction of sp³-hybridized carbons (Fsp3) is 0.0909. The molecular weight excluding hydrogens is 321 g/mol. The number of hydrogen-bond acceptors (Lipinski definition) is 0. The Morgan fingerprint density at radius 1 is 0.680 bits per heavy atom. The van der Waals surface area contributed by atoms with Crippen molar-refractivity contribution in [2.75, 3.05) is 0 Å². The number of allylic oxidation sites excluding steroid dienone is 1. The lowest BCUT2D eigenvalue weighted by Crippen LogP contribution is -2.07. The molecule has 0 radical (unpaired) electrons. The summed E-state index contributed by atoms with van der Waals surface area (Å²) in [5, 5.41) is 0. The van der Waals surface area contributed by atoms with Crippen LogP contribution in [0.15, 0.2) is 91.5 Å². The Morgan fingerprint density at radius 3 is 1.68 bits per heavy atom. The van der Waals surface area contributed by atoms with E-state index in [1.807, 2.05) is 60.7 Å². The molecule has 3 rings (SSSR count). The zero-order valence-electron chi connectivity index (χ0n) is 13.5. The Bertz CT molecular complexity index is 832. The van der Waals surface area contributed by atoms with Crippen LogP contribution in [0, 0.1) is 0 Å². The van der Waals surface area contributed by atoms with Crippen LogP contribution in [0.1, 0.15) is 28.2 Å². The van der Waals surface area contributed by atoms with Crippen LogP contribution in [0.3, 0.4) is 0 Å². The minimum atomic E-state index is -4.34. The summed E-state index contributed by atoms with van der Waals surface area (Å²) in [4.78, 5) is 0. The highest BCUT2D eigenvalue weighted by Crippen LogP contribution is 2.38. The standard InChI is InChI=1S/C22H17F3/c1-16(17-8-4-2-5-9-17)21(18-10-6-3-7-11-18)19-12-14-20(15-13-19)22(23,24)25/h2-15,21H,1H2. The van der Waals surface area contributed by atoms with Crippen molar-refractivity contribution in [3.05, 3.63) is 114 Å². The molecule has 0 aliphatic heterocycles. The van der Waals surface area contributed by atoms with E-state index < -0.39 is 11.7 Å². The van der Waals surface area contributed by atoms with Gasteiger partial charge in [0.2, 0.25) is 0 Å². The van der Waals surface area contributed by atoms with E-state index in [1.165, 1.54) is 12.1 Å². The second kappa shape index (κ2) is 6.98. The summed E-state index contributed by atoms with van der Waals surface area (Å²) in [6.07, 6.45) is -4.34. The maximum atomic E-state index is 12.8. The Morgan fingerprint density at radius 2 is 1.16 bits per heavy atom. The van der Waals surface area contributed by atoms with Crippen LogP contribution in [-0.2, 0) is 6.18 Å². The SMILES string of the molecule is C=C(c1ccccc1)C(c1ccccc1)c1ccc(C(F)(F)F)cc1. The lowest BCUT2D eigenvalue weighted by Gasteiger charge is -2.22. The third kappa shape index (κ3) is 3.82. The molecule has 0 aromatic heterocycles. The number of halogens is 3. The first kappa shape index (κ1) is 17.0. The van der Waals surface area contributed by atoms with Crippen molar-refractivity contribution in [3.8, 4) is 0 Å². The molecule has 0 N–H and O–H groups in total. The summed E-state index contributed by atoms with van der Waals surface area (Å²) >= 11 is 0. The number of benzene rings is 3. The molecule has 0 saturated heterocycles. The van der Waals surface area contributed by atoms with Gasteiger partial charge in [-0.1, -0.05) is 79.4 Å². The smallest absolute Gasteiger partial charge is 0.166 e. The van der Waals surface area contributed by atoms with Gasteiger partial charge in [0, 0.05) is 5.92 Å². The number of alkyl halides is 3. The highest BCUT2D eigenvalue weighted by Gasteiger charge is 2.30. The maximum absolute atomic E-state index is 12.8. The van der Waals surface area contributed by atoms with Crippen molar-refractivity contribution < 1.29 is 13.2 Å². The van der Waals surface area contributed by atoms with Crippen LogP contribution < -0.4 is 0 Å². The monoisotopic (exact) mass is 338 g/mol. The van der Waals surface area contributed by atoms with Gasteiger partial charge in [0.1, 0.15) is 0 Å². The molecule has 0 amide bonds. The molecule has 25 heavy (non-hydrogen) atoms. The predicted molar refractivity (Wildman–Crippen MR) is 95.2 cm³/mol. The Hall–Kier alpha value is -2.81. The predicted octanol–water partition coefficient (Wildman–Crippen LogP) is 6.55. The zero-order chi connectivity index (χ0) is 17.9. The molecule has 3 aromatic carbocycles. The van der Waals surface area contributed by atoms with E-state index in [0.717, 1.165) is 34.4 Å². The molecule has 0 nitrogen and oxygen atoms in total. The second-order valence-electron chi connectivity index (χ2n) is 5.85. The first-order valence-electron chi connectivity index (χ1n) is 7.93.